The van der Waals surface area contributed by atoms with Crippen LogP contribution in [0.25, 0.3) is 0 Å². The predicted octanol–water partition coefficient (Wildman–Crippen LogP) is 2.13. The zero-order chi connectivity index (χ0) is 23.4. The third-order valence-corrected chi connectivity index (χ3v) is 7.66. The van der Waals surface area contributed by atoms with Crippen LogP contribution in [0.2, 0.25) is 0 Å². The minimum absolute atomic E-state index is 0.0200. The van der Waals surface area contributed by atoms with Crippen LogP contribution >= 0.6 is 0 Å². The normalized spacial score (nSPS) is 25.4. The van der Waals surface area contributed by atoms with Gasteiger partial charge in [-0.05, 0) is 41.8 Å². The molecule has 2 aromatic rings. The SMILES string of the molecule is Cc1c([C@@H](O)CN2CCN3C[C@@H](c4ccc5c(c4)COC5=O)OC[C@@H]3C2)ccc2c1COC2=O. The predicted molar refractivity (Wildman–Crippen MR) is 121 cm³/mol. The van der Waals surface area contributed by atoms with Crippen LogP contribution < -0.4 is 0 Å². The highest BCUT2D eigenvalue weighted by Gasteiger charge is 2.35. The number of β-amino-alcohol motifs (C(OH)–C–C–N with tert-alkyl or cyclic N) is 1. The quantitative estimate of drug-likeness (QED) is 0.689. The lowest BCUT2D eigenvalue weighted by Gasteiger charge is -2.46. The van der Waals surface area contributed by atoms with Gasteiger partial charge in [-0.2, -0.15) is 0 Å². The van der Waals surface area contributed by atoms with Gasteiger partial charge in [0.25, 0.3) is 0 Å². The number of carbonyl (C=O) groups is 2. The highest BCUT2D eigenvalue weighted by atomic mass is 16.5. The van der Waals surface area contributed by atoms with Crippen LogP contribution in [0, 0.1) is 6.92 Å². The van der Waals surface area contributed by atoms with Gasteiger partial charge in [-0.25, -0.2) is 9.59 Å². The second-order valence-electron chi connectivity index (χ2n) is 9.62. The van der Waals surface area contributed by atoms with Crippen LogP contribution in [0.15, 0.2) is 30.3 Å². The Bertz CT molecular complexity index is 1160. The fourth-order valence-electron chi connectivity index (χ4n) is 5.64. The van der Waals surface area contributed by atoms with Crippen molar-refractivity contribution in [2.75, 3.05) is 39.3 Å². The Morgan fingerprint density at radius 1 is 1.03 bits per heavy atom. The molecule has 8 nitrogen and oxygen atoms in total. The lowest BCUT2D eigenvalue weighted by molar-refractivity contribution is -0.0937. The van der Waals surface area contributed by atoms with Gasteiger partial charge in [-0.3, -0.25) is 9.80 Å². The first-order valence-electron chi connectivity index (χ1n) is 11.8. The van der Waals surface area contributed by atoms with Gasteiger partial charge in [0.1, 0.15) is 13.2 Å². The van der Waals surface area contributed by atoms with Crippen molar-refractivity contribution in [3.05, 3.63) is 69.3 Å². The number of hydrogen-bond acceptors (Lipinski definition) is 8. The third-order valence-electron chi connectivity index (χ3n) is 7.66. The number of fused-ring (bicyclic) bond motifs is 3. The minimum atomic E-state index is -0.624. The number of piperazine rings is 1. The molecule has 8 heteroatoms. The number of nitrogens with zero attached hydrogens (tertiary/aromatic N) is 2. The number of rotatable bonds is 4. The summed E-state index contributed by atoms with van der Waals surface area (Å²) >= 11 is 0. The summed E-state index contributed by atoms with van der Waals surface area (Å²) in [7, 11) is 0. The molecule has 6 rings (SSSR count). The molecule has 0 amide bonds. The summed E-state index contributed by atoms with van der Waals surface area (Å²) in [5.41, 5.74) is 5.98. The van der Waals surface area contributed by atoms with Crippen LogP contribution in [0.1, 0.15) is 60.7 Å². The van der Waals surface area contributed by atoms with Gasteiger partial charge in [-0.1, -0.05) is 12.1 Å². The molecule has 0 spiro atoms. The standard InChI is InChI=1S/C26H28N2O6/c1-15-19(4-5-21-22(15)14-34-26(21)31)23(29)10-27-6-7-28-11-24(32-13-18(28)9-27)16-2-3-20-17(8-16)12-33-25(20)30/h2-5,8,18,23-24,29H,6-7,9-14H2,1H3/t18-,23-,24-/m0/s1. The number of benzene rings is 2. The smallest absolute Gasteiger partial charge is 0.338 e. The van der Waals surface area contributed by atoms with E-state index in [-0.39, 0.29) is 30.7 Å². The molecular formula is C26H28N2O6. The van der Waals surface area contributed by atoms with E-state index in [4.69, 9.17) is 14.2 Å². The average molecular weight is 465 g/mol. The molecule has 2 saturated heterocycles. The lowest BCUT2D eigenvalue weighted by Crippen LogP contribution is -2.58. The van der Waals surface area contributed by atoms with E-state index in [1.165, 1.54) is 0 Å². The Morgan fingerprint density at radius 3 is 2.71 bits per heavy atom. The number of ether oxygens (including phenoxy) is 3. The Hall–Kier alpha value is -2.78. The van der Waals surface area contributed by atoms with E-state index in [9.17, 15) is 14.7 Å². The van der Waals surface area contributed by atoms with Gasteiger partial charge >= 0.3 is 11.9 Å². The number of aliphatic hydroxyl groups excluding tert-OH is 1. The summed E-state index contributed by atoms with van der Waals surface area (Å²) < 4.78 is 16.5. The number of esters is 2. The maximum Gasteiger partial charge on any atom is 0.338 e. The van der Waals surface area contributed by atoms with Crippen LogP contribution in [0.4, 0.5) is 0 Å². The Labute approximate surface area is 198 Å². The summed E-state index contributed by atoms with van der Waals surface area (Å²) in [5, 5.41) is 11.0. The van der Waals surface area contributed by atoms with Gasteiger partial charge in [0.05, 0.1) is 29.9 Å². The van der Waals surface area contributed by atoms with Gasteiger partial charge in [0, 0.05) is 49.9 Å². The molecule has 0 saturated carbocycles. The molecule has 4 aliphatic rings. The van der Waals surface area contributed by atoms with Crippen molar-refractivity contribution in [1.29, 1.82) is 0 Å². The summed E-state index contributed by atoms with van der Waals surface area (Å²) in [5.74, 6) is -0.533. The van der Waals surface area contributed by atoms with Crippen LogP contribution in [0.3, 0.4) is 0 Å². The number of morpholine rings is 1. The molecule has 2 aromatic carbocycles. The minimum Gasteiger partial charge on any atom is -0.457 e. The second-order valence-corrected chi connectivity index (χ2v) is 9.62. The fraction of sp³-hybridized carbons (Fsp3) is 0.462. The monoisotopic (exact) mass is 464 g/mol. The highest BCUT2D eigenvalue weighted by molar-refractivity contribution is 5.94. The van der Waals surface area contributed by atoms with Crippen molar-refractivity contribution in [2.45, 2.75) is 38.4 Å². The number of carbonyl (C=O) groups excluding carboxylic acids is 2. The van der Waals surface area contributed by atoms with Gasteiger partial charge in [0.15, 0.2) is 0 Å². The first kappa shape index (κ1) is 21.7. The van der Waals surface area contributed by atoms with Crippen molar-refractivity contribution < 1.29 is 28.9 Å². The largest absolute Gasteiger partial charge is 0.457 e. The highest BCUT2D eigenvalue weighted by Crippen LogP contribution is 2.32. The molecule has 1 N–H and O–H groups in total. The number of hydrogen-bond donors (Lipinski definition) is 1. The van der Waals surface area contributed by atoms with E-state index in [0.29, 0.717) is 30.9 Å². The van der Waals surface area contributed by atoms with E-state index in [1.807, 2.05) is 31.2 Å². The van der Waals surface area contributed by atoms with Crippen LogP contribution in [-0.2, 0) is 27.4 Å². The molecular weight excluding hydrogens is 436 g/mol. The van der Waals surface area contributed by atoms with Crippen LogP contribution in [-0.4, -0.2) is 72.2 Å². The van der Waals surface area contributed by atoms with Crippen LogP contribution in [0.5, 0.6) is 0 Å². The molecule has 0 aromatic heterocycles. The maximum atomic E-state index is 11.8. The van der Waals surface area contributed by atoms with Gasteiger partial charge in [-0.15, -0.1) is 0 Å². The van der Waals surface area contributed by atoms with Crippen molar-refractivity contribution in [3.8, 4) is 0 Å². The first-order chi connectivity index (χ1) is 16.5. The summed E-state index contributed by atoms with van der Waals surface area (Å²) in [6.45, 7) is 7.18. The molecule has 0 unspecified atom stereocenters. The van der Waals surface area contributed by atoms with Crippen molar-refractivity contribution >= 4 is 11.9 Å². The molecule has 34 heavy (non-hydrogen) atoms. The van der Waals surface area contributed by atoms with E-state index >= 15 is 0 Å². The van der Waals surface area contributed by atoms with Crippen molar-refractivity contribution in [1.82, 2.24) is 9.80 Å². The average Bonchev–Trinajstić information content (AvgIpc) is 3.41. The van der Waals surface area contributed by atoms with E-state index < -0.39 is 6.10 Å². The zero-order valence-electron chi connectivity index (χ0n) is 19.2. The third kappa shape index (κ3) is 3.71. The first-order valence-corrected chi connectivity index (χ1v) is 11.8. The van der Waals surface area contributed by atoms with Gasteiger partial charge in [0.2, 0.25) is 0 Å². The van der Waals surface area contributed by atoms with Crippen molar-refractivity contribution in [3.63, 3.8) is 0 Å². The molecule has 4 heterocycles. The molecule has 0 radical (unpaired) electrons. The Morgan fingerprint density at radius 2 is 1.82 bits per heavy atom. The molecule has 178 valence electrons. The topological polar surface area (TPSA) is 88.5 Å². The summed E-state index contributed by atoms with van der Waals surface area (Å²) in [4.78, 5) is 28.3. The fourth-order valence-corrected chi connectivity index (χ4v) is 5.64. The number of cyclic esters (lactones) is 2. The zero-order valence-corrected chi connectivity index (χ0v) is 19.2. The van der Waals surface area contributed by atoms with E-state index in [0.717, 1.165) is 54.0 Å². The second kappa shape index (κ2) is 8.46. The summed E-state index contributed by atoms with van der Waals surface area (Å²) in [6, 6.07) is 9.76. The van der Waals surface area contributed by atoms with E-state index in [1.54, 1.807) is 6.07 Å². The molecule has 0 bridgehead atoms. The Kier molecular flexibility index (Phi) is 5.41. The molecule has 0 aliphatic carbocycles. The molecule has 4 aliphatic heterocycles. The molecule has 3 atom stereocenters. The lowest BCUT2D eigenvalue weighted by atomic mass is 9.95. The maximum absolute atomic E-state index is 11.8. The van der Waals surface area contributed by atoms with Crippen molar-refractivity contribution in [2.24, 2.45) is 0 Å². The summed E-state index contributed by atoms with van der Waals surface area (Å²) in [6.07, 6.45) is -0.644. The molecule has 2 fully saturated rings. The number of aliphatic hydroxyl groups is 1. The Balaban J connectivity index is 1.08. The van der Waals surface area contributed by atoms with E-state index in [2.05, 4.69) is 9.80 Å². The van der Waals surface area contributed by atoms with Gasteiger partial charge < -0.3 is 19.3 Å².